The Hall–Kier alpha value is -5.05. The highest BCUT2D eigenvalue weighted by Crippen LogP contribution is 2.32. The minimum absolute atomic E-state index is 0.261. The fourth-order valence-corrected chi connectivity index (χ4v) is 4.19. The quantitative estimate of drug-likeness (QED) is 0.361. The SMILES string of the molecule is COc1ncc(-c2ccc3ncc4c(c3c2)n(-c2ccc(OC(F)(F)F)cc2)c(=NC#N)n4C)cc1N. The zero-order valence-electron chi connectivity index (χ0n) is 19.5. The van der Waals surface area contributed by atoms with Crippen molar-refractivity contribution in [3.63, 3.8) is 0 Å². The van der Waals surface area contributed by atoms with E-state index in [-0.39, 0.29) is 11.4 Å². The van der Waals surface area contributed by atoms with E-state index in [0.717, 1.165) is 16.5 Å². The first kappa shape index (κ1) is 23.7. The summed E-state index contributed by atoms with van der Waals surface area (Å²) in [5.41, 5.74) is 10.7. The van der Waals surface area contributed by atoms with Crippen molar-refractivity contribution in [2.75, 3.05) is 12.8 Å². The van der Waals surface area contributed by atoms with E-state index in [0.29, 0.717) is 33.8 Å². The van der Waals surface area contributed by atoms with Crippen molar-refractivity contribution in [3.8, 4) is 34.6 Å². The third-order valence-corrected chi connectivity index (χ3v) is 5.79. The van der Waals surface area contributed by atoms with Crippen molar-refractivity contribution in [2.24, 2.45) is 12.0 Å². The smallest absolute Gasteiger partial charge is 0.480 e. The van der Waals surface area contributed by atoms with Crippen molar-refractivity contribution in [3.05, 3.63) is 66.5 Å². The Bertz CT molecular complexity index is 1770. The number of nitriles is 1. The number of hydrogen-bond acceptors (Lipinski definition) is 7. The summed E-state index contributed by atoms with van der Waals surface area (Å²) in [7, 11) is 3.21. The second-order valence-electron chi connectivity index (χ2n) is 7.99. The summed E-state index contributed by atoms with van der Waals surface area (Å²) in [6, 6.07) is 12.7. The predicted molar refractivity (Wildman–Crippen MR) is 130 cm³/mol. The van der Waals surface area contributed by atoms with Gasteiger partial charge in [-0.05, 0) is 48.0 Å². The highest BCUT2D eigenvalue weighted by atomic mass is 19.4. The fraction of sp³-hybridized carbons (Fsp3) is 0.120. The molecule has 0 unspecified atom stereocenters. The summed E-state index contributed by atoms with van der Waals surface area (Å²) in [4.78, 5) is 12.8. The lowest BCUT2D eigenvalue weighted by atomic mass is 10.0. The van der Waals surface area contributed by atoms with Crippen molar-refractivity contribution in [1.29, 1.82) is 5.26 Å². The lowest BCUT2D eigenvalue weighted by molar-refractivity contribution is -0.274. The average molecular weight is 505 g/mol. The molecule has 0 aliphatic carbocycles. The molecule has 0 fully saturated rings. The van der Waals surface area contributed by atoms with Gasteiger partial charge >= 0.3 is 6.36 Å². The second kappa shape index (κ2) is 8.87. The zero-order valence-corrected chi connectivity index (χ0v) is 19.5. The maximum atomic E-state index is 12.7. The first-order chi connectivity index (χ1) is 17.7. The van der Waals surface area contributed by atoms with Gasteiger partial charge in [-0.2, -0.15) is 5.26 Å². The van der Waals surface area contributed by atoms with Crippen molar-refractivity contribution >= 4 is 27.6 Å². The molecular weight excluding hydrogens is 487 g/mol. The van der Waals surface area contributed by atoms with Crippen LogP contribution in [0.2, 0.25) is 0 Å². The van der Waals surface area contributed by atoms with E-state index >= 15 is 0 Å². The Morgan fingerprint density at radius 2 is 1.78 bits per heavy atom. The molecule has 0 bridgehead atoms. The van der Waals surface area contributed by atoms with Crippen LogP contribution in [0.3, 0.4) is 0 Å². The van der Waals surface area contributed by atoms with Gasteiger partial charge in [0.25, 0.3) is 0 Å². The largest absolute Gasteiger partial charge is 0.573 e. The summed E-state index contributed by atoms with van der Waals surface area (Å²) in [6.07, 6.45) is 0.273. The highest BCUT2D eigenvalue weighted by Gasteiger charge is 2.31. The first-order valence-corrected chi connectivity index (χ1v) is 10.8. The Balaban J connectivity index is 1.78. The molecule has 0 radical (unpaired) electrons. The van der Waals surface area contributed by atoms with Gasteiger partial charge in [-0.25, -0.2) is 4.98 Å². The number of ether oxygens (including phenoxy) is 2. The van der Waals surface area contributed by atoms with Crippen LogP contribution in [-0.4, -0.2) is 32.6 Å². The van der Waals surface area contributed by atoms with Crippen LogP contribution in [0, 0.1) is 11.5 Å². The third kappa shape index (κ3) is 4.27. The van der Waals surface area contributed by atoms with E-state index in [2.05, 4.69) is 19.7 Å². The Kier molecular flexibility index (Phi) is 5.68. The molecule has 12 heteroatoms. The van der Waals surface area contributed by atoms with Gasteiger partial charge < -0.3 is 19.8 Å². The molecule has 3 heterocycles. The number of nitrogen functional groups attached to an aromatic ring is 1. The molecule has 9 nitrogen and oxygen atoms in total. The van der Waals surface area contributed by atoms with Crippen molar-refractivity contribution < 1.29 is 22.6 Å². The first-order valence-electron chi connectivity index (χ1n) is 10.8. The number of halogens is 3. The number of aromatic nitrogens is 4. The lowest BCUT2D eigenvalue weighted by Gasteiger charge is -2.11. The van der Waals surface area contributed by atoms with E-state index in [4.69, 9.17) is 10.5 Å². The van der Waals surface area contributed by atoms with E-state index < -0.39 is 6.36 Å². The fourth-order valence-electron chi connectivity index (χ4n) is 4.19. The maximum absolute atomic E-state index is 12.7. The number of rotatable bonds is 4. The minimum atomic E-state index is -4.81. The average Bonchev–Trinajstić information content (AvgIpc) is 3.15. The van der Waals surface area contributed by atoms with Gasteiger partial charge in [0.1, 0.15) is 5.75 Å². The van der Waals surface area contributed by atoms with E-state index in [1.165, 1.54) is 31.4 Å². The van der Waals surface area contributed by atoms with Crippen LogP contribution in [0.5, 0.6) is 11.6 Å². The Labute approximate surface area is 207 Å². The number of benzene rings is 2. The van der Waals surface area contributed by atoms with Crippen LogP contribution in [0.25, 0.3) is 38.8 Å². The van der Waals surface area contributed by atoms with Gasteiger partial charge in [-0.15, -0.1) is 18.2 Å². The Morgan fingerprint density at radius 1 is 1.03 bits per heavy atom. The third-order valence-electron chi connectivity index (χ3n) is 5.79. The van der Waals surface area contributed by atoms with Crippen LogP contribution in [0.4, 0.5) is 18.9 Å². The van der Waals surface area contributed by atoms with Crippen LogP contribution < -0.4 is 20.8 Å². The normalized spacial score (nSPS) is 12.2. The summed E-state index contributed by atoms with van der Waals surface area (Å²) in [6.45, 7) is 0. The number of hydrogen-bond donors (Lipinski definition) is 1. The van der Waals surface area contributed by atoms with Crippen molar-refractivity contribution in [1.82, 2.24) is 19.1 Å². The second-order valence-corrected chi connectivity index (χ2v) is 7.99. The molecule has 5 aromatic rings. The van der Waals surface area contributed by atoms with Gasteiger partial charge in [-0.1, -0.05) is 6.07 Å². The van der Waals surface area contributed by atoms with Crippen molar-refractivity contribution in [2.45, 2.75) is 6.36 Å². The van der Waals surface area contributed by atoms with Gasteiger partial charge in [0.05, 0.1) is 35.5 Å². The number of pyridine rings is 2. The van der Waals surface area contributed by atoms with E-state index in [1.807, 2.05) is 18.2 Å². The van der Waals surface area contributed by atoms with Gasteiger partial charge in [-0.3, -0.25) is 9.55 Å². The number of fused-ring (bicyclic) bond motifs is 3. The van der Waals surface area contributed by atoms with Crippen LogP contribution in [0.15, 0.2) is 65.9 Å². The number of nitrogens with zero attached hydrogens (tertiary/aromatic N) is 6. The molecule has 3 aromatic heterocycles. The molecule has 5 rings (SSSR count). The number of aryl methyl sites for hydroxylation is 1. The molecule has 0 aliphatic rings. The number of alkyl halides is 3. The minimum Gasteiger partial charge on any atom is -0.480 e. The maximum Gasteiger partial charge on any atom is 0.573 e. The predicted octanol–water partition coefficient (Wildman–Crippen LogP) is 4.45. The van der Waals surface area contributed by atoms with Gasteiger partial charge in [0.15, 0.2) is 0 Å². The van der Waals surface area contributed by atoms with Gasteiger partial charge in [0.2, 0.25) is 17.7 Å². The van der Waals surface area contributed by atoms with E-state index in [9.17, 15) is 18.4 Å². The summed E-state index contributed by atoms with van der Waals surface area (Å²) in [5, 5.41) is 10.1. The number of methoxy groups -OCH3 is 1. The highest BCUT2D eigenvalue weighted by molar-refractivity contribution is 6.04. The van der Waals surface area contributed by atoms with Gasteiger partial charge in [0, 0.05) is 29.9 Å². The molecule has 0 saturated carbocycles. The lowest BCUT2D eigenvalue weighted by Crippen LogP contribution is -2.23. The molecule has 0 atom stereocenters. The zero-order chi connectivity index (χ0) is 26.3. The molecule has 2 N–H and O–H groups in total. The van der Waals surface area contributed by atoms with Crippen LogP contribution in [0.1, 0.15) is 0 Å². The molecule has 0 amide bonds. The summed E-state index contributed by atoms with van der Waals surface area (Å²) >= 11 is 0. The molecule has 0 saturated heterocycles. The van der Waals surface area contributed by atoms with Crippen LogP contribution >= 0.6 is 0 Å². The molecule has 0 aliphatic heterocycles. The molecule has 0 spiro atoms. The monoisotopic (exact) mass is 505 g/mol. The van der Waals surface area contributed by atoms with E-state index in [1.54, 1.807) is 40.8 Å². The number of imidazole rings is 1. The molecule has 186 valence electrons. The molecule has 2 aromatic carbocycles. The summed E-state index contributed by atoms with van der Waals surface area (Å²) < 4.78 is 50.5. The topological polar surface area (TPSA) is 116 Å². The number of nitrogens with two attached hydrogens (primary N) is 1. The Morgan fingerprint density at radius 3 is 2.43 bits per heavy atom. The summed E-state index contributed by atoms with van der Waals surface area (Å²) in [5.74, 6) is -0.0514. The molecule has 37 heavy (non-hydrogen) atoms. The van der Waals surface area contributed by atoms with Crippen LogP contribution in [-0.2, 0) is 7.05 Å². The molecular formula is C25H18F3N7O2. The standard InChI is InChI=1S/C25H18F3N7O2/c1-34-21-12-31-20-8-3-14(15-10-19(30)23(36-2)32-11-15)9-18(20)22(21)35(24(34)33-13-29)16-4-6-17(7-5-16)37-25(26,27)28/h3-12H,30H2,1-2H3. The number of anilines is 1.